The fourth-order valence-corrected chi connectivity index (χ4v) is 2.22. The number of nitrogens with one attached hydrogen (secondary N) is 2. The maximum Gasteiger partial charge on any atom is 0.191 e. The topological polar surface area (TPSA) is 67.1 Å². The summed E-state index contributed by atoms with van der Waals surface area (Å²) in [5.74, 6) is 1.70. The maximum absolute atomic E-state index is 4.59. The molecule has 1 aromatic heterocycles. The fraction of sp³-hybridized carbons (Fsp3) is 0.812. The Morgan fingerprint density at radius 1 is 1.26 bits per heavy atom. The minimum absolute atomic E-state index is 0. The molecule has 134 valence electrons. The zero-order valence-electron chi connectivity index (χ0n) is 15.2. The number of hydrogen-bond acceptors (Lipinski definition) is 3. The van der Waals surface area contributed by atoms with E-state index < -0.39 is 0 Å². The maximum atomic E-state index is 4.59. The van der Waals surface area contributed by atoms with Gasteiger partial charge in [0.15, 0.2) is 5.96 Å². The lowest BCUT2D eigenvalue weighted by molar-refractivity contribution is 0.318. The Morgan fingerprint density at radius 2 is 2.00 bits per heavy atom. The van der Waals surface area contributed by atoms with E-state index in [1.54, 1.807) is 11.0 Å². The van der Waals surface area contributed by atoms with Gasteiger partial charge >= 0.3 is 0 Å². The second-order valence-corrected chi connectivity index (χ2v) is 6.47. The zero-order chi connectivity index (χ0) is 16.4. The summed E-state index contributed by atoms with van der Waals surface area (Å²) in [4.78, 5) is 8.78. The zero-order valence-corrected chi connectivity index (χ0v) is 17.6. The Hall–Kier alpha value is -0.860. The number of hydrogen-bond donors (Lipinski definition) is 2. The summed E-state index contributed by atoms with van der Waals surface area (Å²) in [6.45, 7) is 11.2. The minimum Gasteiger partial charge on any atom is -0.357 e. The lowest BCUT2D eigenvalue weighted by Crippen LogP contribution is -2.42. The van der Waals surface area contributed by atoms with Gasteiger partial charge in [0.1, 0.15) is 18.7 Å². The standard InChI is InChI=1S/C16H32N6.HI/c1-6-8-9-10-16(3,4)12-19-15(17-7-2)18-11-14-20-13-21-22(14)5;/h13H,6-12H2,1-5H3,(H2,17,18,19);1H. The van der Waals surface area contributed by atoms with Crippen LogP contribution in [-0.2, 0) is 13.6 Å². The Kier molecular flexibility index (Phi) is 11.2. The first-order valence-electron chi connectivity index (χ1n) is 8.33. The summed E-state index contributed by atoms with van der Waals surface area (Å²) >= 11 is 0. The predicted octanol–water partition coefficient (Wildman–Crippen LogP) is 3.09. The largest absolute Gasteiger partial charge is 0.357 e. The van der Waals surface area contributed by atoms with E-state index in [0.717, 1.165) is 24.9 Å². The van der Waals surface area contributed by atoms with Crippen molar-refractivity contribution in [3.05, 3.63) is 12.2 Å². The van der Waals surface area contributed by atoms with Crippen molar-refractivity contribution in [2.75, 3.05) is 13.1 Å². The summed E-state index contributed by atoms with van der Waals surface area (Å²) < 4.78 is 1.75. The number of rotatable bonds is 9. The van der Waals surface area contributed by atoms with E-state index in [0.29, 0.717) is 6.54 Å². The lowest BCUT2D eigenvalue weighted by atomic mass is 9.87. The highest BCUT2D eigenvalue weighted by Gasteiger charge is 2.17. The van der Waals surface area contributed by atoms with Crippen LogP contribution in [-0.4, -0.2) is 33.8 Å². The Labute approximate surface area is 158 Å². The van der Waals surface area contributed by atoms with E-state index in [1.165, 1.54) is 25.7 Å². The summed E-state index contributed by atoms with van der Waals surface area (Å²) in [7, 11) is 1.88. The molecule has 23 heavy (non-hydrogen) atoms. The molecule has 0 aliphatic heterocycles. The molecule has 6 nitrogen and oxygen atoms in total. The molecule has 0 saturated heterocycles. The van der Waals surface area contributed by atoms with Crippen LogP contribution >= 0.6 is 24.0 Å². The smallest absolute Gasteiger partial charge is 0.191 e. The van der Waals surface area contributed by atoms with Gasteiger partial charge in [0, 0.05) is 20.1 Å². The molecule has 0 bridgehead atoms. The van der Waals surface area contributed by atoms with Crippen molar-refractivity contribution in [3.63, 3.8) is 0 Å². The molecule has 1 aromatic rings. The van der Waals surface area contributed by atoms with Crippen LogP contribution in [0.25, 0.3) is 0 Å². The van der Waals surface area contributed by atoms with Crippen LogP contribution in [0.2, 0.25) is 0 Å². The van der Waals surface area contributed by atoms with Gasteiger partial charge in [0.05, 0.1) is 0 Å². The highest BCUT2D eigenvalue weighted by Crippen LogP contribution is 2.22. The van der Waals surface area contributed by atoms with Crippen LogP contribution in [0.3, 0.4) is 0 Å². The molecule has 0 aromatic carbocycles. The second-order valence-electron chi connectivity index (χ2n) is 6.47. The van der Waals surface area contributed by atoms with Crippen LogP contribution in [0, 0.1) is 5.41 Å². The molecule has 0 radical (unpaired) electrons. The van der Waals surface area contributed by atoms with Crippen molar-refractivity contribution in [2.24, 2.45) is 17.5 Å². The second kappa shape index (κ2) is 11.6. The van der Waals surface area contributed by atoms with Crippen LogP contribution in [0.1, 0.15) is 59.2 Å². The molecule has 7 heteroatoms. The number of aromatic nitrogens is 3. The summed E-state index contributed by atoms with van der Waals surface area (Å²) in [6, 6.07) is 0. The first kappa shape index (κ1) is 22.1. The molecular weight excluding hydrogens is 403 g/mol. The molecule has 0 saturated carbocycles. The van der Waals surface area contributed by atoms with Crippen molar-refractivity contribution in [1.29, 1.82) is 0 Å². The molecule has 0 fully saturated rings. The highest BCUT2D eigenvalue weighted by molar-refractivity contribution is 14.0. The quantitative estimate of drug-likeness (QED) is 0.270. The SMILES string of the molecule is CCCCCC(C)(C)CNC(=NCc1ncnn1C)NCC.I. The van der Waals surface area contributed by atoms with E-state index in [4.69, 9.17) is 0 Å². The summed E-state index contributed by atoms with van der Waals surface area (Å²) in [5.41, 5.74) is 0.274. The normalized spacial score (nSPS) is 12.0. The molecule has 0 spiro atoms. The average Bonchev–Trinajstić information content (AvgIpc) is 2.87. The third-order valence-corrected chi connectivity index (χ3v) is 3.72. The molecule has 0 unspecified atom stereocenters. The minimum atomic E-state index is 0. The molecule has 0 aliphatic carbocycles. The van der Waals surface area contributed by atoms with Crippen molar-refractivity contribution in [1.82, 2.24) is 25.4 Å². The van der Waals surface area contributed by atoms with Gasteiger partial charge in [-0.3, -0.25) is 4.68 Å². The number of guanidine groups is 1. The van der Waals surface area contributed by atoms with Crippen molar-refractivity contribution in [3.8, 4) is 0 Å². The highest BCUT2D eigenvalue weighted by atomic mass is 127. The van der Waals surface area contributed by atoms with E-state index in [1.807, 2.05) is 7.05 Å². The molecule has 0 amide bonds. The Bertz CT molecular complexity index is 455. The third kappa shape index (κ3) is 9.12. The van der Waals surface area contributed by atoms with E-state index in [9.17, 15) is 0 Å². The summed E-state index contributed by atoms with van der Waals surface area (Å²) in [6.07, 6.45) is 6.66. The molecule has 2 N–H and O–H groups in total. The number of unbranched alkanes of at least 4 members (excludes halogenated alkanes) is 2. The Morgan fingerprint density at radius 3 is 2.57 bits per heavy atom. The van der Waals surface area contributed by atoms with Crippen LogP contribution in [0.15, 0.2) is 11.3 Å². The van der Waals surface area contributed by atoms with Gasteiger partial charge in [-0.05, 0) is 18.8 Å². The molecule has 1 rings (SSSR count). The van der Waals surface area contributed by atoms with E-state index in [-0.39, 0.29) is 29.4 Å². The van der Waals surface area contributed by atoms with E-state index in [2.05, 4.69) is 53.4 Å². The van der Waals surface area contributed by atoms with E-state index >= 15 is 0 Å². The first-order chi connectivity index (χ1) is 10.5. The van der Waals surface area contributed by atoms with Gasteiger partial charge in [-0.25, -0.2) is 9.98 Å². The molecule has 0 aliphatic rings. The number of halogens is 1. The van der Waals surface area contributed by atoms with Gasteiger partial charge in [-0.15, -0.1) is 24.0 Å². The van der Waals surface area contributed by atoms with Crippen molar-refractivity contribution >= 4 is 29.9 Å². The number of nitrogens with zero attached hydrogens (tertiary/aromatic N) is 4. The average molecular weight is 436 g/mol. The number of aliphatic imine (C=N–C) groups is 1. The van der Waals surface area contributed by atoms with Crippen LogP contribution in [0.4, 0.5) is 0 Å². The molecular formula is C16H33IN6. The van der Waals surface area contributed by atoms with Crippen LogP contribution < -0.4 is 10.6 Å². The van der Waals surface area contributed by atoms with Crippen LogP contribution in [0.5, 0.6) is 0 Å². The predicted molar refractivity (Wildman–Crippen MR) is 107 cm³/mol. The van der Waals surface area contributed by atoms with Crippen molar-refractivity contribution < 1.29 is 0 Å². The first-order valence-corrected chi connectivity index (χ1v) is 8.33. The summed E-state index contributed by atoms with van der Waals surface area (Å²) in [5, 5.41) is 10.8. The molecule has 0 atom stereocenters. The lowest BCUT2D eigenvalue weighted by Gasteiger charge is -2.26. The van der Waals surface area contributed by atoms with Gasteiger partial charge in [0.25, 0.3) is 0 Å². The number of aryl methyl sites for hydroxylation is 1. The van der Waals surface area contributed by atoms with Gasteiger partial charge < -0.3 is 10.6 Å². The monoisotopic (exact) mass is 436 g/mol. The van der Waals surface area contributed by atoms with Gasteiger partial charge in [0.2, 0.25) is 0 Å². The third-order valence-electron chi connectivity index (χ3n) is 3.72. The van der Waals surface area contributed by atoms with Crippen molar-refractivity contribution in [2.45, 2.75) is 59.9 Å². The Balaban J connectivity index is 0.00000484. The fourth-order valence-electron chi connectivity index (χ4n) is 2.22. The van der Waals surface area contributed by atoms with Gasteiger partial charge in [-0.1, -0.05) is 40.0 Å². The van der Waals surface area contributed by atoms with Gasteiger partial charge in [-0.2, -0.15) is 5.10 Å². The molecule has 1 heterocycles.